The zero-order valence-corrected chi connectivity index (χ0v) is 19.6. The van der Waals surface area contributed by atoms with Crippen molar-refractivity contribution in [1.29, 1.82) is 0 Å². The van der Waals surface area contributed by atoms with Crippen molar-refractivity contribution in [2.45, 2.75) is 44.1 Å². The molecule has 1 N–H and O–H groups in total. The molecule has 1 unspecified atom stereocenters. The molecule has 0 saturated carbocycles. The van der Waals surface area contributed by atoms with E-state index >= 15 is 0 Å². The molecule has 7 nitrogen and oxygen atoms in total. The van der Waals surface area contributed by atoms with Gasteiger partial charge in [-0.1, -0.05) is 55.9 Å². The molecule has 0 aliphatic rings. The summed E-state index contributed by atoms with van der Waals surface area (Å²) in [4.78, 5) is 29.7. The number of para-hydroxylation sites is 2. The molecule has 3 heterocycles. The molecule has 1 atom stereocenters. The lowest BCUT2D eigenvalue weighted by molar-refractivity contribution is 0.0995. The predicted molar refractivity (Wildman–Crippen MR) is 132 cm³/mol. The monoisotopic (exact) mass is 459 g/mol. The molecular weight excluding hydrogens is 434 g/mol. The number of thioether (sulfide) groups is 1. The highest BCUT2D eigenvalue weighted by Crippen LogP contribution is 2.29. The Kier molecular flexibility index (Phi) is 5.54. The number of aromatic amines is 1. The second-order valence-electron chi connectivity index (χ2n) is 8.65. The number of Topliss-reactive ketones (excluding diaryl/α,β-unsaturated/α-hetero) is 1. The van der Waals surface area contributed by atoms with E-state index < -0.39 is 0 Å². The second kappa shape index (κ2) is 8.51. The van der Waals surface area contributed by atoms with Gasteiger partial charge in [0.25, 0.3) is 5.56 Å². The third kappa shape index (κ3) is 3.74. The summed E-state index contributed by atoms with van der Waals surface area (Å²) < 4.78 is 3.60. The lowest BCUT2D eigenvalue weighted by Crippen LogP contribution is -2.24. The van der Waals surface area contributed by atoms with E-state index in [0.717, 1.165) is 22.8 Å². The number of H-pyrrole nitrogens is 1. The summed E-state index contributed by atoms with van der Waals surface area (Å²) in [6.45, 7) is 6.71. The van der Waals surface area contributed by atoms with Crippen molar-refractivity contribution in [3.63, 3.8) is 0 Å². The van der Waals surface area contributed by atoms with Crippen molar-refractivity contribution in [3.8, 4) is 0 Å². The number of benzene rings is 2. The van der Waals surface area contributed by atoms with Gasteiger partial charge in [0, 0.05) is 29.2 Å². The van der Waals surface area contributed by atoms with Gasteiger partial charge < -0.3 is 4.98 Å². The molecule has 3 aromatic heterocycles. The van der Waals surface area contributed by atoms with Crippen LogP contribution in [0.15, 0.2) is 64.7 Å². The molecule has 0 fully saturated rings. The van der Waals surface area contributed by atoms with Crippen LogP contribution in [-0.4, -0.2) is 35.2 Å². The number of carbonyl (C=O) groups excluding carboxylic acids is 1. The van der Waals surface area contributed by atoms with Crippen LogP contribution >= 0.6 is 11.8 Å². The van der Waals surface area contributed by atoms with Crippen LogP contribution in [0, 0.1) is 5.92 Å². The first-order chi connectivity index (χ1) is 16.0. The summed E-state index contributed by atoms with van der Waals surface area (Å²) in [6.07, 6.45) is 2.63. The summed E-state index contributed by atoms with van der Waals surface area (Å²) >= 11 is 1.36. The lowest BCUT2D eigenvalue weighted by Gasteiger charge is -2.13. The molecule has 33 heavy (non-hydrogen) atoms. The molecule has 0 aliphatic heterocycles. The number of ketones is 1. The van der Waals surface area contributed by atoms with E-state index in [2.05, 4.69) is 29.0 Å². The number of nitrogens with zero attached hydrogens (tertiary/aromatic N) is 4. The summed E-state index contributed by atoms with van der Waals surface area (Å²) in [5.41, 5.74) is 2.28. The van der Waals surface area contributed by atoms with Crippen molar-refractivity contribution < 1.29 is 4.79 Å². The van der Waals surface area contributed by atoms with E-state index in [1.165, 1.54) is 11.8 Å². The smallest absolute Gasteiger partial charge is 0.262 e. The summed E-state index contributed by atoms with van der Waals surface area (Å²) in [7, 11) is 0. The van der Waals surface area contributed by atoms with Crippen LogP contribution in [0.5, 0.6) is 0 Å². The fourth-order valence-electron chi connectivity index (χ4n) is 4.10. The van der Waals surface area contributed by atoms with Gasteiger partial charge >= 0.3 is 0 Å². The zero-order valence-electron chi connectivity index (χ0n) is 18.8. The Balaban J connectivity index is 1.57. The lowest BCUT2D eigenvalue weighted by atomic mass is 10.1. The molecule has 0 spiro atoms. The fourth-order valence-corrected chi connectivity index (χ4v) is 5.03. The molecular formula is C25H25N5O2S. The molecule has 2 aromatic carbocycles. The molecule has 0 bridgehead atoms. The fraction of sp³-hybridized carbons (Fsp3) is 0.280. The van der Waals surface area contributed by atoms with Gasteiger partial charge in [-0.05, 0) is 37.5 Å². The van der Waals surface area contributed by atoms with E-state index in [-0.39, 0.29) is 16.6 Å². The normalized spacial score (nSPS) is 12.8. The standard InChI is InChI=1S/C25H25N5O2S/c1-15(2)12-13-29-23(32)18-9-5-7-11-21(18)30-24(29)27-28-25(30)33-16(3)22(31)19-14-26-20-10-6-4-8-17(19)20/h4-11,14-16,26H,12-13H2,1-3H3. The molecule has 0 radical (unpaired) electrons. The molecule has 0 saturated heterocycles. The van der Waals surface area contributed by atoms with Gasteiger partial charge in [0.1, 0.15) is 0 Å². The minimum absolute atomic E-state index is 0.0200. The highest BCUT2D eigenvalue weighted by molar-refractivity contribution is 8.00. The Morgan fingerprint density at radius 3 is 2.55 bits per heavy atom. The van der Waals surface area contributed by atoms with Gasteiger partial charge in [-0.25, -0.2) is 0 Å². The average molecular weight is 460 g/mol. The minimum Gasteiger partial charge on any atom is -0.360 e. The summed E-state index contributed by atoms with van der Waals surface area (Å²) in [6, 6.07) is 15.3. The van der Waals surface area contributed by atoms with Crippen molar-refractivity contribution in [1.82, 2.24) is 24.1 Å². The minimum atomic E-state index is -0.383. The highest BCUT2D eigenvalue weighted by Gasteiger charge is 2.24. The van der Waals surface area contributed by atoms with E-state index in [0.29, 0.717) is 34.3 Å². The quantitative estimate of drug-likeness (QED) is 0.275. The first-order valence-electron chi connectivity index (χ1n) is 11.1. The maximum atomic E-state index is 13.3. The Morgan fingerprint density at radius 1 is 1.03 bits per heavy atom. The Hall–Kier alpha value is -3.39. The maximum Gasteiger partial charge on any atom is 0.262 e. The molecule has 5 aromatic rings. The van der Waals surface area contributed by atoms with Gasteiger partial charge in [-0.2, -0.15) is 0 Å². The number of hydrogen-bond acceptors (Lipinski definition) is 5. The van der Waals surface area contributed by atoms with E-state index in [4.69, 9.17) is 0 Å². The SMILES string of the molecule is CC(C)CCn1c(=O)c2ccccc2n2c(SC(C)C(=O)c3c[nH]c4ccccc34)nnc12. The Labute approximate surface area is 194 Å². The summed E-state index contributed by atoms with van der Waals surface area (Å²) in [5, 5.41) is 10.5. The van der Waals surface area contributed by atoms with Crippen LogP contribution in [0.3, 0.4) is 0 Å². The number of carbonyl (C=O) groups is 1. The molecule has 0 amide bonds. The Morgan fingerprint density at radius 2 is 1.76 bits per heavy atom. The first-order valence-corrected chi connectivity index (χ1v) is 12.0. The van der Waals surface area contributed by atoms with Crippen LogP contribution in [0.4, 0.5) is 0 Å². The van der Waals surface area contributed by atoms with E-state index in [9.17, 15) is 9.59 Å². The number of nitrogens with one attached hydrogen (secondary N) is 1. The van der Waals surface area contributed by atoms with Crippen molar-refractivity contribution in [3.05, 3.63) is 70.6 Å². The summed E-state index contributed by atoms with van der Waals surface area (Å²) in [5.74, 6) is 0.981. The zero-order chi connectivity index (χ0) is 23.1. The topological polar surface area (TPSA) is 85.0 Å². The number of aryl methyl sites for hydroxylation is 1. The molecule has 8 heteroatoms. The maximum absolute atomic E-state index is 13.3. The largest absolute Gasteiger partial charge is 0.360 e. The van der Waals surface area contributed by atoms with Gasteiger partial charge in [0.05, 0.1) is 16.2 Å². The van der Waals surface area contributed by atoms with Crippen molar-refractivity contribution in [2.24, 2.45) is 5.92 Å². The Bertz CT molecular complexity index is 1550. The van der Waals surface area contributed by atoms with Gasteiger partial charge in [-0.15, -0.1) is 10.2 Å². The van der Waals surface area contributed by atoms with Crippen molar-refractivity contribution in [2.75, 3.05) is 0 Å². The van der Waals surface area contributed by atoms with Crippen LogP contribution in [0.1, 0.15) is 37.6 Å². The number of hydrogen-bond donors (Lipinski definition) is 1. The van der Waals surface area contributed by atoms with Crippen LogP contribution in [0.25, 0.3) is 27.6 Å². The molecule has 0 aliphatic carbocycles. The highest BCUT2D eigenvalue weighted by atomic mass is 32.2. The van der Waals surface area contributed by atoms with Crippen LogP contribution < -0.4 is 5.56 Å². The predicted octanol–water partition coefficient (Wildman–Crippen LogP) is 4.94. The molecule has 168 valence electrons. The van der Waals surface area contributed by atoms with Gasteiger partial charge in [-0.3, -0.25) is 18.6 Å². The van der Waals surface area contributed by atoms with E-state index in [1.54, 1.807) is 10.8 Å². The number of rotatable bonds is 7. The third-order valence-corrected chi connectivity index (χ3v) is 6.96. The van der Waals surface area contributed by atoms with E-state index in [1.807, 2.05) is 59.9 Å². The van der Waals surface area contributed by atoms with Crippen LogP contribution in [0.2, 0.25) is 0 Å². The van der Waals surface area contributed by atoms with Crippen LogP contribution in [-0.2, 0) is 6.54 Å². The average Bonchev–Trinajstić information content (AvgIpc) is 3.43. The number of fused-ring (bicyclic) bond motifs is 4. The van der Waals surface area contributed by atoms with Crippen molar-refractivity contribution >= 4 is 45.1 Å². The first kappa shape index (κ1) is 21.5. The van der Waals surface area contributed by atoms with Gasteiger partial charge in [0.15, 0.2) is 10.9 Å². The number of aromatic nitrogens is 5. The third-order valence-electron chi connectivity index (χ3n) is 5.91. The van der Waals surface area contributed by atoms with Gasteiger partial charge in [0.2, 0.25) is 5.78 Å². The molecule has 5 rings (SSSR count). The second-order valence-corrected chi connectivity index (χ2v) is 9.95.